The lowest BCUT2D eigenvalue weighted by atomic mass is 9.82. The number of rotatable bonds is 7. The lowest BCUT2D eigenvalue weighted by Crippen LogP contribution is -2.47. The molecule has 3 rings (SSSR count). The molecule has 5 nitrogen and oxygen atoms in total. The summed E-state index contributed by atoms with van der Waals surface area (Å²) < 4.78 is 11.9. The van der Waals surface area contributed by atoms with Crippen LogP contribution in [0.5, 0.6) is 0 Å². The molecule has 1 aromatic heterocycles. The Morgan fingerprint density at radius 2 is 1.89 bits per heavy atom. The highest BCUT2D eigenvalue weighted by atomic mass is 28.4. The smallest absolute Gasteiger partial charge is 0.229 e. The zero-order valence-electron chi connectivity index (χ0n) is 17.9. The summed E-state index contributed by atoms with van der Waals surface area (Å²) in [6.07, 6.45) is 2.56. The van der Waals surface area contributed by atoms with Crippen molar-refractivity contribution in [3.8, 4) is 0 Å². The number of hydrogen-bond acceptors (Lipinski definition) is 5. The maximum Gasteiger partial charge on any atom is 0.229 e. The molecule has 1 aliphatic carbocycles. The Labute approximate surface area is 169 Å². The van der Waals surface area contributed by atoms with Crippen LogP contribution < -0.4 is 0 Å². The fourth-order valence-corrected chi connectivity index (χ4v) is 4.57. The molecule has 0 N–H and O–H groups in total. The molecule has 0 bridgehead atoms. The average Bonchev–Trinajstić information content (AvgIpc) is 3.07. The first-order valence-corrected chi connectivity index (χ1v) is 13.1. The molecular weight excluding hydrogens is 368 g/mol. The van der Waals surface area contributed by atoms with E-state index in [4.69, 9.17) is 8.95 Å². The summed E-state index contributed by atoms with van der Waals surface area (Å²) in [5, 5.41) is 4.40. The summed E-state index contributed by atoms with van der Waals surface area (Å²) in [5.74, 6) is 1.61. The molecule has 1 heterocycles. The van der Waals surface area contributed by atoms with E-state index in [1.807, 2.05) is 37.3 Å². The first-order valence-electron chi connectivity index (χ1n) is 10.2. The molecule has 28 heavy (non-hydrogen) atoms. The fraction of sp³-hybridized carbons (Fsp3) is 0.591. The summed E-state index contributed by atoms with van der Waals surface area (Å²) in [6.45, 7) is 13.3. The van der Waals surface area contributed by atoms with Crippen molar-refractivity contribution >= 4 is 14.1 Å². The molecule has 152 valence electrons. The van der Waals surface area contributed by atoms with Crippen LogP contribution in [0, 0.1) is 0 Å². The fourth-order valence-electron chi connectivity index (χ4n) is 3.19. The summed E-state index contributed by atoms with van der Waals surface area (Å²) in [6, 6.07) is 9.34. The van der Waals surface area contributed by atoms with Gasteiger partial charge in [-0.3, -0.25) is 4.79 Å². The second kappa shape index (κ2) is 7.91. The standard InChI is InChI=1S/C22H32N2O3Si/c1-15(12-19(25)16-10-8-7-9-11-16)21-23-20(24-26-21)17-13-18(14-17)27-28(5,6)22(2,3)4/h7-11,15,17-18H,12-14H2,1-6H3/t15-,17?,18?/m0/s1. The lowest BCUT2D eigenvalue weighted by Gasteiger charge is -2.44. The Morgan fingerprint density at radius 3 is 2.50 bits per heavy atom. The minimum absolute atomic E-state index is 0.0895. The van der Waals surface area contributed by atoms with E-state index in [1.165, 1.54) is 0 Å². The van der Waals surface area contributed by atoms with E-state index in [0.717, 1.165) is 24.2 Å². The van der Waals surface area contributed by atoms with Crippen LogP contribution in [0.4, 0.5) is 0 Å². The van der Waals surface area contributed by atoms with Crippen LogP contribution in [0.2, 0.25) is 18.1 Å². The van der Waals surface area contributed by atoms with Crippen LogP contribution in [-0.4, -0.2) is 30.3 Å². The monoisotopic (exact) mass is 400 g/mol. The molecule has 0 amide bonds. The first kappa shape index (κ1) is 20.9. The Hall–Kier alpha value is -1.79. The van der Waals surface area contributed by atoms with E-state index in [1.54, 1.807) is 0 Å². The molecular formula is C22H32N2O3Si. The third-order valence-corrected chi connectivity index (χ3v) is 10.7. The van der Waals surface area contributed by atoms with Crippen molar-refractivity contribution in [3.05, 3.63) is 47.6 Å². The lowest BCUT2D eigenvalue weighted by molar-refractivity contribution is 0.0802. The van der Waals surface area contributed by atoms with Gasteiger partial charge >= 0.3 is 0 Å². The van der Waals surface area contributed by atoms with Gasteiger partial charge in [0.2, 0.25) is 5.89 Å². The maximum atomic E-state index is 12.4. The van der Waals surface area contributed by atoms with Crippen molar-refractivity contribution in [2.75, 3.05) is 0 Å². The number of carbonyl (C=O) groups excluding carboxylic acids is 1. The molecule has 1 atom stereocenters. The van der Waals surface area contributed by atoms with Gasteiger partial charge in [-0.15, -0.1) is 0 Å². The van der Waals surface area contributed by atoms with Crippen LogP contribution >= 0.6 is 0 Å². The Morgan fingerprint density at radius 1 is 1.25 bits per heavy atom. The van der Waals surface area contributed by atoms with E-state index in [2.05, 4.69) is 44.0 Å². The van der Waals surface area contributed by atoms with Crippen LogP contribution in [0.15, 0.2) is 34.9 Å². The molecule has 1 saturated carbocycles. The Balaban J connectivity index is 1.53. The number of hydrogen-bond donors (Lipinski definition) is 0. The molecule has 1 aromatic carbocycles. The van der Waals surface area contributed by atoms with Crippen molar-refractivity contribution in [2.45, 2.75) is 83.0 Å². The number of Topliss-reactive ketones (excluding diaryl/α,β-unsaturated/α-hetero) is 1. The van der Waals surface area contributed by atoms with Gasteiger partial charge in [0.05, 0.1) is 0 Å². The van der Waals surface area contributed by atoms with Gasteiger partial charge in [0.15, 0.2) is 19.9 Å². The van der Waals surface area contributed by atoms with Crippen molar-refractivity contribution in [1.29, 1.82) is 0 Å². The van der Waals surface area contributed by atoms with E-state index in [0.29, 0.717) is 24.3 Å². The minimum atomic E-state index is -1.73. The molecule has 0 unspecified atom stereocenters. The van der Waals surface area contributed by atoms with Crippen LogP contribution in [0.3, 0.4) is 0 Å². The van der Waals surface area contributed by atoms with Gasteiger partial charge in [-0.25, -0.2) is 0 Å². The van der Waals surface area contributed by atoms with E-state index >= 15 is 0 Å². The highest BCUT2D eigenvalue weighted by Crippen LogP contribution is 2.44. The number of aromatic nitrogens is 2. The van der Waals surface area contributed by atoms with E-state index < -0.39 is 8.32 Å². The SMILES string of the molecule is C[C@@H](CC(=O)c1ccccc1)c1nc(C2CC(O[Si](C)(C)C(C)(C)C)C2)no1. The zero-order valence-corrected chi connectivity index (χ0v) is 18.9. The highest BCUT2D eigenvalue weighted by molar-refractivity contribution is 6.74. The number of ketones is 1. The molecule has 6 heteroatoms. The molecule has 0 aliphatic heterocycles. The number of benzene rings is 1. The molecule has 0 radical (unpaired) electrons. The summed E-state index contributed by atoms with van der Waals surface area (Å²) >= 11 is 0. The maximum absolute atomic E-state index is 12.4. The van der Waals surface area contributed by atoms with Crippen molar-refractivity contribution < 1.29 is 13.7 Å². The average molecular weight is 401 g/mol. The van der Waals surface area contributed by atoms with Gasteiger partial charge in [-0.05, 0) is 31.0 Å². The third-order valence-electron chi connectivity index (χ3n) is 6.19. The van der Waals surface area contributed by atoms with Crippen molar-refractivity contribution in [2.24, 2.45) is 0 Å². The first-order chi connectivity index (χ1) is 13.1. The largest absolute Gasteiger partial charge is 0.414 e. The van der Waals surface area contributed by atoms with Crippen LogP contribution in [-0.2, 0) is 4.43 Å². The van der Waals surface area contributed by atoms with E-state index in [-0.39, 0.29) is 16.7 Å². The Bertz CT molecular complexity index is 805. The second-order valence-corrected chi connectivity index (χ2v) is 14.3. The molecule has 1 aliphatic rings. The number of carbonyl (C=O) groups is 1. The summed E-state index contributed by atoms with van der Waals surface area (Å²) in [5.41, 5.74) is 0.721. The third kappa shape index (κ3) is 4.61. The quantitative estimate of drug-likeness (QED) is 0.440. The molecule has 0 saturated heterocycles. The summed E-state index contributed by atoms with van der Waals surface area (Å²) in [7, 11) is -1.73. The number of nitrogens with zero attached hydrogens (tertiary/aromatic N) is 2. The normalized spacial score (nSPS) is 21.2. The predicted molar refractivity (Wildman–Crippen MR) is 112 cm³/mol. The topological polar surface area (TPSA) is 65.2 Å². The van der Waals surface area contributed by atoms with Gasteiger partial charge < -0.3 is 8.95 Å². The molecule has 2 aromatic rings. The predicted octanol–water partition coefficient (Wildman–Crippen LogP) is 5.71. The van der Waals surface area contributed by atoms with Crippen molar-refractivity contribution in [1.82, 2.24) is 10.1 Å². The van der Waals surface area contributed by atoms with Gasteiger partial charge in [0.25, 0.3) is 0 Å². The van der Waals surface area contributed by atoms with Gasteiger partial charge in [-0.2, -0.15) is 4.98 Å². The highest BCUT2D eigenvalue weighted by Gasteiger charge is 2.43. The molecule has 0 spiro atoms. The van der Waals surface area contributed by atoms with Crippen LogP contribution in [0.1, 0.15) is 80.9 Å². The summed E-state index contributed by atoms with van der Waals surface area (Å²) in [4.78, 5) is 17.0. The minimum Gasteiger partial charge on any atom is -0.414 e. The van der Waals surface area contributed by atoms with E-state index in [9.17, 15) is 4.79 Å². The van der Waals surface area contributed by atoms with Crippen LogP contribution in [0.25, 0.3) is 0 Å². The van der Waals surface area contributed by atoms with Crippen molar-refractivity contribution in [3.63, 3.8) is 0 Å². The van der Waals surface area contributed by atoms with Gasteiger partial charge in [0.1, 0.15) is 0 Å². The zero-order chi connectivity index (χ0) is 20.5. The van der Waals surface area contributed by atoms with Gasteiger partial charge in [-0.1, -0.05) is 63.2 Å². The Kier molecular flexibility index (Phi) is 5.91. The second-order valence-electron chi connectivity index (χ2n) is 9.55. The van der Waals surface area contributed by atoms with Gasteiger partial charge in [0, 0.05) is 29.9 Å². The molecule has 1 fully saturated rings.